The topological polar surface area (TPSA) is 68.5 Å². The lowest BCUT2D eigenvalue weighted by molar-refractivity contribution is 0.0949. The molecule has 0 aliphatic rings. The Bertz CT molecular complexity index is 1070. The summed E-state index contributed by atoms with van der Waals surface area (Å²) in [5, 5.41) is 4.24. The number of carbonyl (C=O) groups excluding carboxylic acids is 1. The van der Waals surface area contributed by atoms with Gasteiger partial charge in [-0.15, -0.1) is 0 Å². The number of rotatable bonds is 5. The van der Waals surface area contributed by atoms with Gasteiger partial charge in [-0.05, 0) is 24.1 Å². The lowest BCUT2D eigenvalue weighted by atomic mass is 10.2. The Morgan fingerprint density at radius 1 is 1.19 bits per heavy atom. The normalized spacial score (nSPS) is 10.9. The van der Waals surface area contributed by atoms with Gasteiger partial charge in [0.15, 0.2) is 5.13 Å². The quantitative estimate of drug-likeness (QED) is 0.512. The highest BCUT2D eigenvalue weighted by molar-refractivity contribution is 7.22. The predicted molar refractivity (Wildman–Crippen MR) is 104 cm³/mol. The van der Waals surface area contributed by atoms with Gasteiger partial charge >= 0.3 is 0 Å². The number of hydrogen-bond acceptors (Lipinski definition) is 6. The van der Waals surface area contributed by atoms with Gasteiger partial charge in [-0.3, -0.25) is 9.69 Å². The molecule has 0 aliphatic heterocycles. The molecule has 0 aliphatic carbocycles. The molecule has 0 atom stereocenters. The summed E-state index contributed by atoms with van der Waals surface area (Å²) in [6, 6.07) is 15.2. The number of nitrogens with zero attached hydrogens (tertiary/aromatic N) is 3. The van der Waals surface area contributed by atoms with Crippen molar-refractivity contribution in [3.8, 4) is 5.75 Å². The van der Waals surface area contributed by atoms with Crippen LogP contribution in [0.1, 0.15) is 21.7 Å². The maximum absolute atomic E-state index is 13.1. The van der Waals surface area contributed by atoms with Gasteiger partial charge in [0.1, 0.15) is 11.3 Å². The molecule has 6 nitrogen and oxygen atoms in total. The molecule has 4 rings (SSSR count). The van der Waals surface area contributed by atoms with Crippen LogP contribution in [0.5, 0.6) is 5.75 Å². The van der Waals surface area contributed by atoms with E-state index in [1.54, 1.807) is 18.1 Å². The Morgan fingerprint density at radius 3 is 2.70 bits per heavy atom. The van der Waals surface area contributed by atoms with E-state index in [4.69, 9.17) is 14.2 Å². The van der Waals surface area contributed by atoms with Gasteiger partial charge in [0.05, 0.1) is 24.6 Å². The first-order valence-corrected chi connectivity index (χ1v) is 9.19. The lowest BCUT2D eigenvalue weighted by Crippen LogP contribution is -2.30. The number of aromatic nitrogens is 2. The summed E-state index contributed by atoms with van der Waals surface area (Å²) in [5.41, 5.74) is 2.83. The summed E-state index contributed by atoms with van der Waals surface area (Å²) in [6.45, 7) is 2.39. The van der Waals surface area contributed by atoms with Gasteiger partial charge in [0, 0.05) is 6.07 Å². The fourth-order valence-corrected chi connectivity index (χ4v) is 3.88. The second-order valence-corrected chi connectivity index (χ2v) is 6.99. The summed E-state index contributed by atoms with van der Waals surface area (Å²) >= 11 is 1.46. The molecule has 0 radical (unpaired) electrons. The van der Waals surface area contributed by atoms with E-state index in [0.717, 1.165) is 21.3 Å². The fourth-order valence-electron chi connectivity index (χ4n) is 2.83. The number of fused-ring (bicyclic) bond motifs is 1. The highest BCUT2D eigenvalue weighted by Gasteiger charge is 2.25. The minimum Gasteiger partial charge on any atom is -0.494 e. The number of carbonyl (C=O) groups is 1. The lowest BCUT2D eigenvalue weighted by Gasteiger charge is -2.18. The summed E-state index contributed by atoms with van der Waals surface area (Å²) in [5.74, 6) is 0.575. The second-order valence-electron chi connectivity index (χ2n) is 6.01. The molecule has 2 heterocycles. The zero-order valence-corrected chi connectivity index (χ0v) is 15.7. The van der Waals surface area contributed by atoms with Gasteiger partial charge in [-0.25, -0.2) is 4.98 Å². The van der Waals surface area contributed by atoms with E-state index in [-0.39, 0.29) is 11.7 Å². The SMILES string of the molecule is COc1ccc(C)c2sc(N(Cc3ccccc3)C(=O)c3ccno3)nc12. The Labute approximate surface area is 160 Å². The molecule has 0 spiro atoms. The first-order valence-electron chi connectivity index (χ1n) is 8.38. The molecule has 0 saturated heterocycles. The summed E-state index contributed by atoms with van der Waals surface area (Å²) in [7, 11) is 1.62. The average Bonchev–Trinajstić information content (AvgIpc) is 3.37. The van der Waals surface area contributed by atoms with Crippen LogP contribution in [0.3, 0.4) is 0 Å². The third-order valence-electron chi connectivity index (χ3n) is 4.22. The molecule has 0 fully saturated rings. The Hall–Kier alpha value is -3.19. The molecule has 27 heavy (non-hydrogen) atoms. The molecule has 1 amide bonds. The first kappa shape index (κ1) is 17.2. The molecule has 7 heteroatoms. The minimum absolute atomic E-state index is 0.175. The Kier molecular flexibility index (Phi) is 4.60. The molecule has 4 aromatic rings. The predicted octanol–water partition coefficient (Wildman–Crippen LogP) is 4.45. The van der Waals surface area contributed by atoms with E-state index in [9.17, 15) is 4.79 Å². The van der Waals surface area contributed by atoms with Crippen LogP contribution in [-0.2, 0) is 6.54 Å². The van der Waals surface area contributed by atoms with Crippen LogP contribution in [0.2, 0.25) is 0 Å². The van der Waals surface area contributed by atoms with Gasteiger partial charge < -0.3 is 9.26 Å². The molecule has 136 valence electrons. The van der Waals surface area contributed by atoms with Crippen molar-refractivity contribution in [1.82, 2.24) is 10.1 Å². The molecule has 2 aromatic heterocycles. The van der Waals surface area contributed by atoms with Crippen molar-refractivity contribution in [3.63, 3.8) is 0 Å². The Balaban J connectivity index is 1.81. The monoisotopic (exact) mass is 379 g/mol. The number of anilines is 1. The largest absolute Gasteiger partial charge is 0.494 e. The van der Waals surface area contributed by atoms with E-state index < -0.39 is 0 Å². The van der Waals surface area contributed by atoms with Crippen molar-refractivity contribution in [3.05, 3.63) is 71.6 Å². The number of hydrogen-bond donors (Lipinski definition) is 0. The van der Waals surface area contributed by atoms with E-state index in [0.29, 0.717) is 17.4 Å². The third kappa shape index (κ3) is 3.29. The van der Waals surface area contributed by atoms with Crippen molar-refractivity contribution < 1.29 is 14.1 Å². The number of aryl methyl sites for hydroxylation is 1. The number of amides is 1. The fraction of sp³-hybridized carbons (Fsp3) is 0.150. The zero-order chi connectivity index (χ0) is 18.8. The van der Waals surface area contributed by atoms with Crippen LogP contribution in [0, 0.1) is 6.92 Å². The van der Waals surface area contributed by atoms with Gasteiger partial charge in [-0.1, -0.05) is 52.9 Å². The van der Waals surface area contributed by atoms with Crippen LogP contribution in [0.15, 0.2) is 59.3 Å². The molecule has 0 bridgehead atoms. The van der Waals surface area contributed by atoms with Gasteiger partial charge in [0.25, 0.3) is 5.91 Å². The molecule has 0 N–H and O–H groups in total. The first-order chi connectivity index (χ1) is 13.2. The summed E-state index contributed by atoms with van der Waals surface area (Å²) in [6.07, 6.45) is 1.46. The highest BCUT2D eigenvalue weighted by Crippen LogP contribution is 2.37. The highest BCUT2D eigenvalue weighted by atomic mass is 32.1. The van der Waals surface area contributed by atoms with Crippen molar-refractivity contribution in [2.24, 2.45) is 0 Å². The summed E-state index contributed by atoms with van der Waals surface area (Å²) in [4.78, 5) is 19.4. The Morgan fingerprint density at radius 2 is 2.00 bits per heavy atom. The number of thiazole rings is 1. The van der Waals surface area contributed by atoms with E-state index >= 15 is 0 Å². The standard InChI is InChI=1S/C20H17N3O3S/c1-13-8-9-15(25-2)17-18(13)27-20(22-17)23(12-14-6-4-3-5-7-14)19(24)16-10-11-21-26-16/h3-11H,12H2,1-2H3. The zero-order valence-electron chi connectivity index (χ0n) is 14.9. The third-order valence-corrected chi connectivity index (χ3v) is 5.43. The number of methoxy groups -OCH3 is 1. The van der Waals surface area contributed by atoms with Crippen LogP contribution in [0.4, 0.5) is 5.13 Å². The van der Waals surface area contributed by atoms with Gasteiger partial charge in [0.2, 0.25) is 5.76 Å². The molecule has 2 aromatic carbocycles. The van der Waals surface area contributed by atoms with Crippen LogP contribution < -0.4 is 9.64 Å². The van der Waals surface area contributed by atoms with Crippen LogP contribution in [-0.4, -0.2) is 23.2 Å². The van der Waals surface area contributed by atoms with Crippen molar-refractivity contribution >= 4 is 32.6 Å². The van der Waals surface area contributed by atoms with Crippen molar-refractivity contribution in [2.45, 2.75) is 13.5 Å². The van der Waals surface area contributed by atoms with Crippen molar-refractivity contribution in [1.29, 1.82) is 0 Å². The van der Waals surface area contributed by atoms with Gasteiger partial charge in [-0.2, -0.15) is 0 Å². The van der Waals surface area contributed by atoms with Crippen molar-refractivity contribution in [2.75, 3.05) is 12.0 Å². The summed E-state index contributed by atoms with van der Waals surface area (Å²) < 4.78 is 11.5. The molecular weight excluding hydrogens is 362 g/mol. The van der Waals surface area contributed by atoms with E-state index in [1.165, 1.54) is 17.5 Å². The number of benzene rings is 2. The number of ether oxygens (including phenoxy) is 1. The van der Waals surface area contributed by atoms with E-state index in [2.05, 4.69) is 5.16 Å². The smallest absolute Gasteiger partial charge is 0.298 e. The molecule has 0 saturated carbocycles. The maximum atomic E-state index is 13.1. The van der Waals surface area contributed by atoms with E-state index in [1.807, 2.05) is 49.4 Å². The average molecular weight is 379 g/mol. The van der Waals surface area contributed by atoms with Crippen LogP contribution in [0.25, 0.3) is 10.2 Å². The van der Waals surface area contributed by atoms with Crippen LogP contribution >= 0.6 is 11.3 Å². The second kappa shape index (κ2) is 7.20. The maximum Gasteiger partial charge on any atom is 0.298 e. The minimum atomic E-state index is -0.285. The molecule has 0 unspecified atom stereocenters. The molecular formula is C20H17N3O3S.